The van der Waals surface area contributed by atoms with Gasteiger partial charge in [-0.15, -0.1) is 0 Å². The monoisotopic (exact) mass is 355 g/mol. The molecule has 0 saturated carbocycles. The highest BCUT2D eigenvalue weighted by Gasteiger charge is 2.21. The second-order valence-corrected chi connectivity index (χ2v) is 5.74. The van der Waals surface area contributed by atoms with E-state index in [1.807, 2.05) is 0 Å². The van der Waals surface area contributed by atoms with Crippen molar-refractivity contribution in [3.63, 3.8) is 0 Å². The maximum atomic E-state index is 12.2. The van der Waals surface area contributed by atoms with Gasteiger partial charge >= 0.3 is 5.97 Å². The number of esters is 1. The van der Waals surface area contributed by atoms with E-state index >= 15 is 0 Å². The van der Waals surface area contributed by atoms with Crippen LogP contribution in [0.4, 0.5) is 5.69 Å². The van der Waals surface area contributed by atoms with Crippen LogP contribution in [0.2, 0.25) is 0 Å². The van der Waals surface area contributed by atoms with Crippen LogP contribution in [0.5, 0.6) is 11.5 Å². The molecule has 0 spiro atoms. The minimum atomic E-state index is -1.000. The van der Waals surface area contributed by atoms with Crippen LogP contribution in [-0.2, 0) is 9.53 Å². The molecule has 0 unspecified atom stereocenters. The lowest BCUT2D eigenvalue weighted by atomic mass is 10.1. The van der Waals surface area contributed by atoms with Crippen LogP contribution in [0.3, 0.4) is 0 Å². The van der Waals surface area contributed by atoms with Crippen LogP contribution >= 0.6 is 0 Å². The number of fused-ring (bicyclic) bond motifs is 1. The molecule has 0 bridgehead atoms. The summed E-state index contributed by atoms with van der Waals surface area (Å²) in [6, 6.07) is 11.1. The van der Waals surface area contributed by atoms with Gasteiger partial charge in [0.05, 0.1) is 5.56 Å². The molecule has 3 rings (SSSR count). The summed E-state index contributed by atoms with van der Waals surface area (Å²) in [6.07, 6.45) is -1.000. The van der Waals surface area contributed by atoms with E-state index in [-0.39, 0.29) is 18.1 Å². The zero-order chi connectivity index (χ0) is 18.7. The summed E-state index contributed by atoms with van der Waals surface area (Å²) < 4.78 is 15.6. The van der Waals surface area contributed by atoms with Crippen LogP contribution in [-0.4, -0.2) is 30.6 Å². The molecule has 1 heterocycles. The standard InChI is InChI=1S/C19H17NO6/c1-11(21)13-3-6-15(7-4-13)20-18(22)12(2)26-19(23)14-5-8-16-17(9-14)25-10-24-16/h3-9,12H,10H2,1-2H3,(H,20,22)/t12-/m1/s1. The van der Waals surface area contributed by atoms with Gasteiger partial charge in [0.1, 0.15) is 0 Å². The third kappa shape index (κ3) is 3.83. The van der Waals surface area contributed by atoms with Gasteiger partial charge in [-0.05, 0) is 56.3 Å². The van der Waals surface area contributed by atoms with E-state index in [2.05, 4.69) is 5.32 Å². The normalized spacial score (nSPS) is 13.0. The molecule has 7 nitrogen and oxygen atoms in total. The Bertz CT molecular complexity index is 859. The fraction of sp³-hybridized carbons (Fsp3) is 0.211. The van der Waals surface area contributed by atoms with Gasteiger partial charge < -0.3 is 19.5 Å². The van der Waals surface area contributed by atoms with Crippen molar-refractivity contribution in [1.29, 1.82) is 0 Å². The lowest BCUT2D eigenvalue weighted by Gasteiger charge is -2.14. The van der Waals surface area contributed by atoms with E-state index in [0.717, 1.165) is 0 Å². The van der Waals surface area contributed by atoms with E-state index < -0.39 is 18.0 Å². The largest absolute Gasteiger partial charge is 0.454 e. The van der Waals surface area contributed by atoms with Crippen LogP contribution in [0.25, 0.3) is 0 Å². The van der Waals surface area contributed by atoms with Crippen molar-refractivity contribution in [3.8, 4) is 11.5 Å². The molecule has 0 radical (unpaired) electrons. The first-order chi connectivity index (χ1) is 12.4. The van der Waals surface area contributed by atoms with Crippen LogP contribution in [0.15, 0.2) is 42.5 Å². The van der Waals surface area contributed by atoms with Crippen LogP contribution < -0.4 is 14.8 Å². The number of hydrogen-bond donors (Lipinski definition) is 1. The van der Waals surface area contributed by atoms with E-state index in [0.29, 0.717) is 22.7 Å². The molecule has 7 heteroatoms. The van der Waals surface area contributed by atoms with Crippen LogP contribution in [0.1, 0.15) is 34.6 Å². The molecule has 0 saturated heterocycles. The van der Waals surface area contributed by atoms with Gasteiger partial charge in [0.15, 0.2) is 23.4 Å². The Labute approximate surface area is 149 Å². The Morgan fingerprint density at radius 1 is 1.00 bits per heavy atom. The van der Waals surface area contributed by atoms with Gasteiger partial charge in [-0.1, -0.05) is 0 Å². The Balaban J connectivity index is 1.60. The molecular formula is C19H17NO6. The predicted molar refractivity (Wildman–Crippen MR) is 92.5 cm³/mol. The molecule has 0 fully saturated rings. The molecule has 26 heavy (non-hydrogen) atoms. The molecule has 0 aromatic heterocycles. The molecule has 2 aromatic rings. The Morgan fingerprint density at radius 2 is 1.65 bits per heavy atom. The second-order valence-electron chi connectivity index (χ2n) is 5.74. The number of carbonyl (C=O) groups excluding carboxylic acids is 3. The zero-order valence-electron chi connectivity index (χ0n) is 14.3. The molecule has 1 aliphatic heterocycles. The quantitative estimate of drug-likeness (QED) is 0.655. The van der Waals surface area contributed by atoms with Crippen molar-refractivity contribution in [2.45, 2.75) is 20.0 Å². The minimum absolute atomic E-state index is 0.0612. The Kier molecular flexibility index (Phi) is 4.88. The van der Waals surface area contributed by atoms with Crippen molar-refractivity contribution in [3.05, 3.63) is 53.6 Å². The van der Waals surface area contributed by atoms with Gasteiger partial charge in [0.2, 0.25) is 6.79 Å². The fourth-order valence-corrected chi connectivity index (χ4v) is 2.34. The number of nitrogens with one attached hydrogen (secondary N) is 1. The highest BCUT2D eigenvalue weighted by atomic mass is 16.7. The van der Waals surface area contributed by atoms with Crippen molar-refractivity contribution >= 4 is 23.3 Å². The van der Waals surface area contributed by atoms with Gasteiger partial charge in [0, 0.05) is 11.3 Å². The topological polar surface area (TPSA) is 90.9 Å². The zero-order valence-corrected chi connectivity index (χ0v) is 14.3. The van der Waals surface area contributed by atoms with E-state index in [9.17, 15) is 14.4 Å². The number of Topliss-reactive ketones (excluding diaryl/α,β-unsaturated/α-hetero) is 1. The number of rotatable bonds is 5. The number of anilines is 1. The van der Waals surface area contributed by atoms with Crippen molar-refractivity contribution in [1.82, 2.24) is 0 Å². The molecule has 0 aliphatic carbocycles. The first kappa shape index (κ1) is 17.5. The lowest BCUT2D eigenvalue weighted by Crippen LogP contribution is -2.30. The molecular weight excluding hydrogens is 338 g/mol. The van der Waals surface area contributed by atoms with Gasteiger partial charge in [0.25, 0.3) is 5.91 Å². The number of ether oxygens (including phenoxy) is 3. The fourth-order valence-electron chi connectivity index (χ4n) is 2.34. The van der Waals surface area contributed by atoms with E-state index in [4.69, 9.17) is 14.2 Å². The van der Waals surface area contributed by atoms with Crippen molar-refractivity contribution in [2.75, 3.05) is 12.1 Å². The number of amides is 1. The first-order valence-electron chi connectivity index (χ1n) is 7.96. The average Bonchev–Trinajstić information content (AvgIpc) is 3.09. The molecule has 1 amide bonds. The lowest BCUT2D eigenvalue weighted by molar-refractivity contribution is -0.123. The van der Waals surface area contributed by atoms with Crippen molar-refractivity contribution < 1.29 is 28.6 Å². The maximum absolute atomic E-state index is 12.2. The number of carbonyl (C=O) groups is 3. The smallest absolute Gasteiger partial charge is 0.339 e. The van der Waals surface area contributed by atoms with Gasteiger partial charge in [-0.3, -0.25) is 9.59 Å². The molecule has 1 atom stereocenters. The average molecular weight is 355 g/mol. The summed E-state index contributed by atoms with van der Waals surface area (Å²) in [5, 5.41) is 2.63. The third-order valence-electron chi connectivity index (χ3n) is 3.82. The highest BCUT2D eigenvalue weighted by molar-refractivity contribution is 5.98. The maximum Gasteiger partial charge on any atom is 0.339 e. The minimum Gasteiger partial charge on any atom is -0.454 e. The van der Waals surface area contributed by atoms with Gasteiger partial charge in [-0.2, -0.15) is 0 Å². The number of hydrogen-bond acceptors (Lipinski definition) is 6. The summed E-state index contributed by atoms with van der Waals surface area (Å²) in [7, 11) is 0. The second kappa shape index (κ2) is 7.26. The summed E-state index contributed by atoms with van der Waals surface area (Å²) in [5.74, 6) is -0.162. The molecule has 134 valence electrons. The Hall–Kier alpha value is -3.35. The van der Waals surface area contributed by atoms with E-state index in [1.54, 1.807) is 36.4 Å². The van der Waals surface area contributed by atoms with Crippen LogP contribution in [0, 0.1) is 0 Å². The number of benzene rings is 2. The Morgan fingerprint density at radius 3 is 2.35 bits per heavy atom. The van der Waals surface area contributed by atoms with Gasteiger partial charge in [-0.25, -0.2) is 4.79 Å². The SMILES string of the molecule is CC(=O)c1ccc(NC(=O)[C@@H](C)OC(=O)c2ccc3c(c2)OCO3)cc1. The first-order valence-corrected chi connectivity index (χ1v) is 7.96. The summed E-state index contributed by atoms with van der Waals surface area (Å²) in [4.78, 5) is 35.6. The molecule has 1 N–H and O–H groups in total. The predicted octanol–water partition coefficient (Wildman–Crippen LogP) is 2.80. The summed E-state index contributed by atoms with van der Waals surface area (Å²) in [5.41, 5.74) is 1.32. The van der Waals surface area contributed by atoms with E-state index in [1.165, 1.54) is 19.9 Å². The number of ketones is 1. The summed E-state index contributed by atoms with van der Waals surface area (Å²) >= 11 is 0. The summed E-state index contributed by atoms with van der Waals surface area (Å²) in [6.45, 7) is 3.05. The molecule has 1 aliphatic rings. The van der Waals surface area contributed by atoms with Crippen molar-refractivity contribution in [2.24, 2.45) is 0 Å². The highest BCUT2D eigenvalue weighted by Crippen LogP contribution is 2.32. The molecule has 2 aromatic carbocycles. The third-order valence-corrected chi connectivity index (χ3v) is 3.82.